The second-order valence-electron chi connectivity index (χ2n) is 4.66. The molecule has 1 saturated heterocycles. The maximum Gasteiger partial charge on any atom is 0.244 e. The van der Waals surface area contributed by atoms with Crippen molar-refractivity contribution in [3.63, 3.8) is 0 Å². The first-order valence-electron chi connectivity index (χ1n) is 6.00. The van der Waals surface area contributed by atoms with Crippen LogP contribution >= 0.6 is 39.1 Å². The fraction of sp³-hybridized carbons (Fsp3) is 0.500. The smallest absolute Gasteiger partial charge is 0.207 e. The number of piperidine rings is 1. The average molecular weight is 387 g/mol. The molecule has 0 N–H and O–H groups in total. The molecule has 19 heavy (non-hydrogen) atoms. The van der Waals surface area contributed by atoms with E-state index in [1.165, 1.54) is 12.1 Å². The molecule has 0 aliphatic carbocycles. The summed E-state index contributed by atoms with van der Waals surface area (Å²) >= 11 is 15.1. The van der Waals surface area contributed by atoms with Crippen LogP contribution in [0.3, 0.4) is 0 Å². The summed E-state index contributed by atoms with van der Waals surface area (Å²) < 4.78 is 27.3. The highest BCUT2D eigenvalue weighted by Crippen LogP contribution is 2.35. The summed E-state index contributed by atoms with van der Waals surface area (Å²) in [7, 11) is -3.54. The summed E-state index contributed by atoms with van der Waals surface area (Å²) in [4.78, 5) is 0.177. The van der Waals surface area contributed by atoms with Gasteiger partial charge in [0.05, 0.1) is 14.9 Å². The lowest BCUT2D eigenvalue weighted by Gasteiger charge is -2.32. The average Bonchev–Trinajstić information content (AvgIpc) is 2.34. The zero-order chi connectivity index (χ0) is 14.2. The Bertz CT molecular complexity index is 592. The van der Waals surface area contributed by atoms with Crippen molar-refractivity contribution < 1.29 is 8.42 Å². The Morgan fingerprint density at radius 1 is 1.26 bits per heavy atom. The molecule has 1 aromatic carbocycles. The number of halogens is 3. The summed E-state index contributed by atoms with van der Waals surface area (Å²) in [6.07, 6.45) is 2.84. The first-order chi connectivity index (χ1) is 8.84. The largest absolute Gasteiger partial charge is 0.244 e. The van der Waals surface area contributed by atoms with E-state index in [0.29, 0.717) is 16.0 Å². The number of sulfonamides is 1. The minimum Gasteiger partial charge on any atom is -0.207 e. The Hall–Kier alpha value is 0.190. The maximum absolute atomic E-state index is 12.7. The third kappa shape index (κ3) is 3.10. The second kappa shape index (κ2) is 5.90. The second-order valence-corrected chi connectivity index (χ2v) is 8.19. The molecular weight excluding hydrogens is 373 g/mol. The topological polar surface area (TPSA) is 37.4 Å². The van der Waals surface area contributed by atoms with Gasteiger partial charge in [-0.15, -0.1) is 0 Å². The fourth-order valence-corrected chi connectivity index (χ4v) is 5.51. The third-order valence-electron chi connectivity index (χ3n) is 3.30. The summed E-state index contributed by atoms with van der Waals surface area (Å²) in [5, 5.41) is 0.576. The van der Waals surface area contributed by atoms with Crippen LogP contribution in [0.25, 0.3) is 0 Å². The maximum atomic E-state index is 12.7. The Labute approximate surface area is 132 Å². The van der Waals surface area contributed by atoms with E-state index in [1.54, 1.807) is 4.31 Å². The first-order valence-corrected chi connectivity index (χ1v) is 8.99. The highest BCUT2D eigenvalue weighted by Gasteiger charge is 2.32. The highest BCUT2D eigenvalue weighted by molar-refractivity contribution is 9.10. The van der Waals surface area contributed by atoms with Gasteiger partial charge in [-0.2, -0.15) is 4.31 Å². The van der Waals surface area contributed by atoms with Gasteiger partial charge in [0.25, 0.3) is 0 Å². The summed E-state index contributed by atoms with van der Waals surface area (Å²) in [6, 6.07) is 2.94. The van der Waals surface area contributed by atoms with Crippen LogP contribution in [0.15, 0.2) is 21.5 Å². The van der Waals surface area contributed by atoms with Crippen molar-refractivity contribution in [1.82, 2.24) is 4.31 Å². The molecule has 0 amide bonds. The molecule has 0 radical (unpaired) electrons. The highest BCUT2D eigenvalue weighted by atomic mass is 79.9. The van der Waals surface area contributed by atoms with E-state index in [0.717, 1.165) is 19.3 Å². The number of hydrogen-bond acceptors (Lipinski definition) is 2. The molecule has 1 aromatic rings. The fourth-order valence-electron chi connectivity index (χ4n) is 2.26. The van der Waals surface area contributed by atoms with Gasteiger partial charge in [0.1, 0.15) is 0 Å². The van der Waals surface area contributed by atoms with E-state index < -0.39 is 10.0 Å². The molecular formula is C12H14BrCl2NO2S. The first kappa shape index (κ1) is 15.6. The molecule has 0 aromatic heterocycles. The minimum absolute atomic E-state index is 0.0140. The van der Waals surface area contributed by atoms with Crippen LogP contribution in [0.5, 0.6) is 0 Å². The van der Waals surface area contributed by atoms with Gasteiger partial charge >= 0.3 is 0 Å². The van der Waals surface area contributed by atoms with Crippen LogP contribution in [-0.2, 0) is 10.0 Å². The molecule has 1 heterocycles. The zero-order valence-electron chi connectivity index (χ0n) is 10.4. The van der Waals surface area contributed by atoms with E-state index >= 15 is 0 Å². The molecule has 7 heteroatoms. The predicted octanol–water partition coefficient (Wildman–Crippen LogP) is 4.32. The molecule has 106 valence electrons. The van der Waals surface area contributed by atoms with Crippen molar-refractivity contribution in [3.05, 3.63) is 26.7 Å². The normalized spacial score (nSPS) is 21.6. The van der Waals surface area contributed by atoms with E-state index in [1.807, 2.05) is 6.92 Å². The Kier molecular flexibility index (Phi) is 4.83. The summed E-state index contributed by atoms with van der Waals surface area (Å²) in [5.74, 6) is 0. The van der Waals surface area contributed by atoms with Crippen molar-refractivity contribution in [3.8, 4) is 0 Å². The van der Waals surface area contributed by atoms with Gasteiger partial charge in [0.15, 0.2) is 0 Å². The minimum atomic E-state index is -3.54. The van der Waals surface area contributed by atoms with Crippen molar-refractivity contribution in [2.24, 2.45) is 0 Å². The van der Waals surface area contributed by atoms with Crippen molar-refractivity contribution >= 4 is 49.2 Å². The Balaban J connectivity index is 2.47. The van der Waals surface area contributed by atoms with Crippen molar-refractivity contribution in [2.45, 2.75) is 37.1 Å². The lowest BCUT2D eigenvalue weighted by molar-refractivity contribution is 0.268. The number of benzene rings is 1. The summed E-state index contributed by atoms with van der Waals surface area (Å²) in [5.41, 5.74) is 0. The number of nitrogens with zero attached hydrogens (tertiary/aromatic N) is 1. The molecule has 1 aliphatic heterocycles. The SMILES string of the molecule is CC1CCCCN1S(=O)(=O)c1cc(Cl)c(Cl)cc1Br. The van der Waals surface area contributed by atoms with Crippen LogP contribution in [-0.4, -0.2) is 25.3 Å². The molecule has 3 nitrogen and oxygen atoms in total. The van der Waals surface area contributed by atoms with E-state index in [2.05, 4.69) is 15.9 Å². The lowest BCUT2D eigenvalue weighted by Crippen LogP contribution is -2.42. The van der Waals surface area contributed by atoms with Crippen molar-refractivity contribution in [1.29, 1.82) is 0 Å². The van der Waals surface area contributed by atoms with Gasteiger partial charge in [-0.05, 0) is 47.8 Å². The van der Waals surface area contributed by atoms with Crippen LogP contribution in [0.1, 0.15) is 26.2 Å². The predicted molar refractivity (Wildman–Crippen MR) is 81.4 cm³/mol. The lowest BCUT2D eigenvalue weighted by atomic mass is 10.1. The van der Waals surface area contributed by atoms with Gasteiger partial charge in [0.2, 0.25) is 10.0 Å². The standard InChI is InChI=1S/C12H14BrCl2NO2S/c1-8-4-2-3-5-16(8)19(17,18)12-7-11(15)10(14)6-9(12)13/h6-8H,2-5H2,1H3. The van der Waals surface area contributed by atoms with Crippen LogP contribution < -0.4 is 0 Å². The Morgan fingerprint density at radius 2 is 1.89 bits per heavy atom. The van der Waals surface area contributed by atoms with E-state index in [4.69, 9.17) is 23.2 Å². The van der Waals surface area contributed by atoms with Gasteiger partial charge in [-0.25, -0.2) is 8.42 Å². The van der Waals surface area contributed by atoms with E-state index in [-0.39, 0.29) is 16.0 Å². The molecule has 2 rings (SSSR count). The monoisotopic (exact) mass is 385 g/mol. The molecule has 1 fully saturated rings. The van der Waals surface area contributed by atoms with Gasteiger partial charge < -0.3 is 0 Å². The molecule has 0 saturated carbocycles. The molecule has 1 unspecified atom stereocenters. The molecule has 0 bridgehead atoms. The van der Waals surface area contributed by atoms with Crippen LogP contribution in [0.4, 0.5) is 0 Å². The van der Waals surface area contributed by atoms with Crippen molar-refractivity contribution in [2.75, 3.05) is 6.54 Å². The van der Waals surface area contributed by atoms with Crippen LogP contribution in [0.2, 0.25) is 10.0 Å². The summed E-state index contributed by atoms with van der Waals surface area (Å²) in [6.45, 7) is 2.48. The van der Waals surface area contributed by atoms with Gasteiger partial charge in [-0.1, -0.05) is 29.6 Å². The van der Waals surface area contributed by atoms with Crippen LogP contribution in [0, 0.1) is 0 Å². The van der Waals surface area contributed by atoms with Gasteiger partial charge in [0, 0.05) is 17.1 Å². The molecule has 1 atom stereocenters. The third-order valence-corrected chi connectivity index (χ3v) is 7.00. The molecule has 1 aliphatic rings. The van der Waals surface area contributed by atoms with Gasteiger partial charge in [-0.3, -0.25) is 0 Å². The van der Waals surface area contributed by atoms with E-state index in [9.17, 15) is 8.42 Å². The number of hydrogen-bond donors (Lipinski definition) is 0. The Morgan fingerprint density at radius 3 is 2.53 bits per heavy atom. The number of rotatable bonds is 2. The quantitative estimate of drug-likeness (QED) is 0.709. The molecule has 0 spiro atoms. The zero-order valence-corrected chi connectivity index (χ0v) is 14.3.